The molecule has 0 amide bonds. The van der Waals surface area contributed by atoms with Gasteiger partial charge in [0.25, 0.3) is 0 Å². The third-order valence-electron chi connectivity index (χ3n) is 2.07. The number of carbonyl (C=O) groups is 1. The lowest BCUT2D eigenvalue weighted by Crippen LogP contribution is -1.98. The molecule has 0 saturated carbocycles. The predicted octanol–water partition coefficient (Wildman–Crippen LogP) is 2.85. The number of nitrogens with zero attached hydrogens (tertiary/aromatic N) is 1. The molecule has 0 atom stereocenters. The standard InChI is InChI=1S/C10H8BrNO3S/c1-14-5-3-4-12-7-6(11)9(10(13)15-2)16-8(5)7/h3-4H,1-2H3. The molecule has 0 aliphatic heterocycles. The van der Waals surface area contributed by atoms with E-state index < -0.39 is 0 Å². The Morgan fingerprint density at radius 2 is 2.25 bits per heavy atom. The summed E-state index contributed by atoms with van der Waals surface area (Å²) in [6.07, 6.45) is 1.64. The number of thiophene rings is 1. The van der Waals surface area contributed by atoms with Crippen LogP contribution in [0.1, 0.15) is 9.67 Å². The fourth-order valence-corrected chi connectivity index (χ4v) is 3.22. The molecule has 84 valence electrons. The van der Waals surface area contributed by atoms with E-state index in [-0.39, 0.29) is 5.97 Å². The Morgan fingerprint density at radius 3 is 2.88 bits per heavy atom. The van der Waals surface area contributed by atoms with Crippen molar-refractivity contribution in [2.45, 2.75) is 0 Å². The van der Waals surface area contributed by atoms with Crippen LogP contribution in [0.15, 0.2) is 16.7 Å². The molecule has 6 heteroatoms. The van der Waals surface area contributed by atoms with E-state index in [0.29, 0.717) is 20.6 Å². The normalized spacial score (nSPS) is 10.4. The van der Waals surface area contributed by atoms with Crippen molar-refractivity contribution >= 4 is 43.5 Å². The fourth-order valence-electron chi connectivity index (χ4n) is 1.32. The number of hydrogen-bond donors (Lipinski definition) is 0. The Kier molecular flexibility index (Phi) is 3.11. The van der Waals surface area contributed by atoms with E-state index in [1.807, 2.05) is 0 Å². The lowest BCUT2D eigenvalue weighted by Gasteiger charge is -1.98. The molecule has 0 aromatic carbocycles. The molecule has 0 N–H and O–H groups in total. The Balaban J connectivity index is 2.72. The third-order valence-corrected chi connectivity index (χ3v) is 4.28. The Bertz CT molecular complexity index is 552. The van der Waals surface area contributed by atoms with E-state index in [2.05, 4.69) is 20.9 Å². The number of carbonyl (C=O) groups excluding carboxylic acids is 1. The van der Waals surface area contributed by atoms with Crippen molar-refractivity contribution in [1.29, 1.82) is 0 Å². The number of methoxy groups -OCH3 is 2. The molecule has 0 aliphatic rings. The van der Waals surface area contributed by atoms with Gasteiger partial charge in [-0.3, -0.25) is 4.98 Å². The van der Waals surface area contributed by atoms with Crippen molar-refractivity contribution in [1.82, 2.24) is 4.98 Å². The van der Waals surface area contributed by atoms with E-state index in [1.165, 1.54) is 18.4 Å². The van der Waals surface area contributed by atoms with Crippen LogP contribution in [-0.2, 0) is 4.74 Å². The van der Waals surface area contributed by atoms with Gasteiger partial charge in [-0.2, -0.15) is 0 Å². The van der Waals surface area contributed by atoms with Crippen molar-refractivity contribution in [2.75, 3.05) is 14.2 Å². The molecule has 0 spiro atoms. The summed E-state index contributed by atoms with van der Waals surface area (Å²) in [6.45, 7) is 0. The molecule has 2 aromatic rings. The number of aromatic nitrogens is 1. The van der Waals surface area contributed by atoms with E-state index in [4.69, 9.17) is 9.47 Å². The van der Waals surface area contributed by atoms with Crippen molar-refractivity contribution in [3.63, 3.8) is 0 Å². The zero-order chi connectivity index (χ0) is 11.7. The minimum absolute atomic E-state index is 0.378. The average molecular weight is 302 g/mol. The van der Waals surface area contributed by atoms with Crippen molar-refractivity contribution in [3.8, 4) is 5.75 Å². The Hall–Kier alpha value is -1.14. The van der Waals surface area contributed by atoms with Gasteiger partial charge in [0, 0.05) is 6.20 Å². The van der Waals surface area contributed by atoms with E-state index in [9.17, 15) is 4.79 Å². The molecule has 2 heterocycles. The number of rotatable bonds is 2. The van der Waals surface area contributed by atoms with Gasteiger partial charge < -0.3 is 9.47 Å². The summed E-state index contributed by atoms with van der Waals surface area (Å²) in [5.74, 6) is 0.322. The largest absolute Gasteiger partial charge is 0.495 e. The Morgan fingerprint density at radius 1 is 1.50 bits per heavy atom. The topological polar surface area (TPSA) is 48.4 Å². The zero-order valence-corrected chi connectivity index (χ0v) is 11.0. The maximum absolute atomic E-state index is 11.5. The summed E-state index contributed by atoms with van der Waals surface area (Å²) >= 11 is 4.65. The number of hydrogen-bond acceptors (Lipinski definition) is 5. The van der Waals surface area contributed by atoms with Gasteiger partial charge in [0.05, 0.1) is 28.9 Å². The summed E-state index contributed by atoms with van der Waals surface area (Å²) in [6, 6.07) is 1.76. The highest BCUT2D eigenvalue weighted by atomic mass is 79.9. The molecule has 2 aromatic heterocycles. The van der Waals surface area contributed by atoms with E-state index >= 15 is 0 Å². The fraction of sp³-hybridized carbons (Fsp3) is 0.200. The maximum Gasteiger partial charge on any atom is 0.349 e. The molecule has 4 nitrogen and oxygen atoms in total. The smallest absolute Gasteiger partial charge is 0.349 e. The first-order valence-corrected chi connectivity index (χ1v) is 5.99. The van der Waals surface area contributed by atoms with Gasteiger partial charge in [-0.15, -0.1) is 11.3 Å². The summed E-state index contributed by atoms with van der Waals surface area (Å²) in [5, 5.41) is 0. The third kappa shape index (κ3) is 1.68. The summed E-state index contributed by atoms with van der Waals surface area (Å²) in [4.78, 5) is 16.2. The summed E-state index contributed by atoms with van der Waals surface area (Å²) in [7, 11) is 2.93. The van der Waals surface area contributed by atoms with Crippen LogP contribution in [0.2, 0.25) is 0 Å². The predicted molar refractivity (Wildman–Crippen MR) is 65.2 cm³/mol. The average Bonchev–Trinajstić information content (AvgIpc) is 2.66. The Labute approximate surface area is 104 Å². The van der Waals surface area contributed by atoms with Crippen LogP contribution < -0.4 is 4.74 Å². The zero-order valence-electron chi connectivity index (χ0n) is 8.61. The first kappa shape index (κ1) is 11.3. The quantitative estimate of drug-likeness (QED) is 0.800. The van der Waals surface area contributed by atoms with Crippen LogP contribution in [0.5, 0.6) is 5.75 Å². The van der Waals surface area contributed by atoms with Crippen LogP contribution in [-0.4, -0.2) is 25.2 Å². The second-order valence-electron chi connectivity index (χ2n) is 2.93. The molecule has 0 fully saturated rings. The van der Waals surface area contributed by atoms with Gasteiger partial charge in [0.15, 0.2) is 0 Å². The van der Waals surface area contributed by atoms with Crippen LogP contribution in [0.4, 0.5) is 0 Å². The lowest BCUT2D eigenvalue weighted by molar-refractivity contribution is 0.0605. The minimum Gasteiger partial charge on any atom is -0.495 e. The molecule has 0 bridgehead atoms. The second-order valence-corrected chi connectivity index (χ2v) is 4.74. The second kappa shape index (κ2) is 4.39. The number of halogens is 1. The van der Waals surface area contributed by atoms with Crippen molar-refractivity contribution in [3.05, 3.63) is 21.6 Å². The summed E-state index contributed by atoms with van der Waals surface area (Å²) < 4.78 is 11.4. The highest BCUT2D eigenvalue weighted by Crippen LogP contribution is 2.39. The summed E-state index contributed by atoms with van der Waals surface area (Å²) in [5.41, 5.74) is 0.713. The molecule has 2 rings (SSSR count). The van der Waals surface area contributed by atoms with Crippen molar-refractivity contribution in [2.24, 2.45) is 0 Å². The van der Waals surface area contributed by atoms with E-state index in [0.717, 1.165) is 4.70 Å². The van der Waals surface area contributed by atoms with Gasteiger partial charge >= 0.3 is 5.97 Å². The van der Waals surface area contributed by atoms with Crippen LogP contribution >= 0.6 is 27.3 Å². The highest BCUT2D eigenvalue weighted by Gasteiger charge is 2.20. The number of esters is 1. The monoisotopic (exact) mass is 301 g/mol. The molecule has 0 aliphatic carbocycles. The number of ether oxygens (including phenoxy) is 2. The van der Waals surface area contributed by atoms with Gasteiger partial charge in [-0.1, -0.05) is 0 Å². The molecular weight excluding hydrogens is 294 g/mol. The van der Waals surface area contributed by atoms with Crippen LogP contribution in [0, 0.1) is 0 Å². The van der Waals surface area contributed by atoms with E-state index in [1.54, 1.807) is 19.4 Å². The molecular formula is C10H8BrNO3S. The molecule has 0 unspecified atom stereocenters. The first-order chi connectivity index (χ1) is 7.69. The van der Waals surface area contributed by atoms with Gasteiger partial charge in [0.1, 0.15) is 10.6 Å². The van der Waals surface area contributed by atoms with Gasteiger partial charge in [0.2, 0.25) is 0 Å². The van der Waals surface area contributed by atoms with Gasteiger partial charge in [-0.25, -0.2) is 4.79 Å². The molecule has 0 radical (unpaired) electrons. The lowest BCUT2D eigenvalue weighted by atomic mass is 10.3. The number of fused-ring (bicyclic) bond motifs is 1. The van der Waals surface area contributed by atoms with Crippen molar-refractivity contribution < 1.29 is 14.3 Å². The maximum atomic E-state index is 11.5. The number of pyridine rings is 1. The SMILES string of the molecule is COC(=O)c1sc2c(OC)ccnc2c1Br. The molecule has 0 saturated heterocycles. The minimum atomic E-state index is -0.378. The van der Waals surface area contributed by atoms with Gasteiger partial charge in [-0.05, 0) is 22.0 Å². The molecule has 16 heavy (non-hydrogen) atoms. The van der Waals surface area contributed by atoms with Crippen LogP contribution in [0.25, 0.3) is 10.2 Å². The van der Waals surface area contributed by atoms with Crippen LogP contribution in [0.3, 0.4) is 0 Å². The first-order valence-electron chi connectivity index (χ1n) is 4.38. The highest BCUT2D eigenvalue weighted by molar-refractivity contribution is 9.10.